The van der Waals surface area contributed by atoms with Gasteiger partial charge in [-0.15, -0.1) is 0 Å². The molecular formula is C18H22N4O3S. The Balaban J connectivity index is 1.54. The zero-order valence-corrected chi connectivity index (χ0v) is 15.1. The number of carbonyl (C=O) groups excluding carboxylic acids is 1. The van der Waals surface area contributed by atoms with Crippen molar-refractivity contribution in [1.82, 2.24) is 5.32 Å². The van der Waals surface area contributed by atoms with E-state index >= 15 is 0 Å². The zero-order valence-electron chi connectivity index (χ0n) is 14.3. The van der Waals surface area contributed by atoms with Crippen LogP contribution in [0.15, 0.2) is 53.4 Å². The van der Waals surface area contributed by atoms with Gasteiger partial charge >= 0.3 is 6.03 Å². The summed E-state index contributed by atoms with van der Waals surface area (Å²) in [6.45, 7) is 2.57. The molecule has 2 amide bonds. The van der Waals surface area contributed by atoms with E-state index in [9.17, 15) is 13.2 Å². The molecule has 0 aromatic heterocycles. The van der Waals surface area contributed by atoms with Gasteiger partial charge in [0.15, 0.2) is 0 Å². The number of nitrogens with zero attached hydrogens (tertiary/aromatic N) is 1. The van der Waals surface area contributed by atoms with E-state index in [0.29, 0.717) is 12.2 Å². The molecule has 0 aliphatic carbocycles. The van der Waals surface area contributed by atoms with Crippen molar-refractivity contribution in [3.05, 3.63) is 54.1 Å². The van der Waals surface area contributed by atoms with Crippen LogP contribution >= 0.6 is 0 Å². The lowest BCUT2D eigenvalue weighted by atomic mass is 10.2. The van der Waals surface area contributed by atoms with Crippen molar-refractivity contribution in [2.45, 2.75) is 24.3 Å². The van der Waals surface area contributed by atoms with Crippen molar-refractivity contribution >= 4 is 27.4 Å². The number of primary sulfonamides is 1. The van der Waals surface area contributed by atoms with Crippen molar-refractivity contribution in [3.8, 4) is 0 Å². The molecule has 7 nitrogen and oxygen atoms in total. The van der Waals surface area contributed by atoms with E-state index in [4.69, 9.17) is 5.14 Å². The summed E-state index contributed by atoms with van der Waals surface area (Å²) in [4.78, 5) is 14.3. The van der Waals surface area contributed by atoms with Gasteiger partial charge in [-0.05, 0) is 48.7 Å². The van der Waals surface area contributed by atoms with Gasteiger partial charge in [-0.3, -0.25) is 0 Å². The molecule has 0 radical (unpaired) electrons. The van der Waals surface area contributed by atoms with E-state index < -0.39 is 16.1 Å². The number of nitrogens with one attached hydrogen (secondary N) is 2. The second-order valence-electron chi connectivity index (χ2n) is 6.24. The maximum Gasteiger partial charge on any atom is 0.319 e. The monoisotopic (exact) mass is 374 g/mol. The minimum Gasteiger partial charge on any atom is -0.372 e. The molecular weight excluding hydrogens is 352 g/mol. The summed E-state index contributed by atoms with van der Waals surface area (Å²) in [6.07, 6.45) is 2.46. The predicted octanol–water partition coefficient (Wildman–Crippen LogP) is 2.26. The minimum absolute atomic E-state index is 0.0483. The summed E-state index contributed by atoms with van der Waals surface area (Å²) in [5.41, 5.74) is 2.55. The van der Waals surface area contributed by atoms with Crippen LogP contribution in [0.5, 0.6) is 0 Å². The maximum atomic E-state index is 12.0. The van der Waals surface area contributed by atoms with Crippen LogP contribution in [0.2, 0.25) is 0 Å². The van der Waals surface area contributed by atoms with Gasteiger partial charge in [-0.25, -0.2) is 18.4 Å². The number of hydrogen-bond donors (Lipinski definition) is 3. The summed E-state index contributed by atoms with van der Waals surface area (Å²) >= 11 is 0. The first kappa shape index (κ1) is 18.2. The van der Waals surface area contributed by atoms with Gasteiger partial charge in [0.1, 0.15) is 0 Å². The Morgan fingerprint density at radius 2 is 1.77 bits per heavy atom. The Labute approximate surface area is 153 Å². The fraction of sp³-hybridized carbons (Fsp3) is 0.278. The first-order valence-corrected chi connectivity index (χ1v) is 9.98. The molecule has 1 heterocycles. The van der Waals surface area contributed by atoms with Crippen LogP contribution in [0.25, 0.3) is 0 Å². The number of sulfonamides is 1. The van der Waals surface area contributed by atoms with E-state index in [1.165, 1.54) is 36.7 Å². The van der Waals surface area contributed by atoms with Crippen LogP contribution in [-0.4, -0.2) is 27.5 Å². The molecule has 2 aromatic rings. The summed E-state index contributed by atoms with van der Waals surface area (Å²) < 4.78 is 22.7. The molecule has 138 valence electrons. The van der Waals surface area contributed by atoms with Crippen LogP contribution in [0.3, 0.4) is 0 Å². The Bertz CT molecular complexity index is 876. The number of hydrogen-bond acceptors (Lipinski definition) is 4. The third-order valence-electron chi connectivity index (χ3n) is 4.28. The Hall–Kier alpha value is -2.58. The highest BCUT2D eigenvalue weighted by molar-refractivity contribution is 7.89. The quantitative estimate of drug-likeness (QED) is 0.746. The third-order valence-corrected chi connectivity index (χ3v) is 5.19. The average Bonchev–Trinajstić information content (AvgIpc) is 3.14. The Kier molecular flexibility index (Phi) is 5.43. The molecule has 0 saturated carbocycles. The summed E-state index contributed by atoms with van der Waals surface area (Å²) in [7, 11) is -3.80. The molecule has 0 atom stereocenters. The number of benzene rings is 2. The van der Waals surface area contributed by atoms with Crippen molar-refractivity contribution < 1.29 is 13.2 Å². The SMILES string of the molecule is NS(=O)(=O)c1cccc(NC(=O)NCc2ccc(N3CCCC3)cc2)c1. The van der Waals surface area contributed by atoms with Gasteiger partial charge in [0.05, 0.1) is 4.90 Å². The lowest BCUT2D eigenvalue weighted by Crippen LogP contribution is -2.28. The molecule has 8 heteroatoms. The lowest BCUT2D eigenvalue weighted by molar-refractivity contribution is 0.251. The second-order valence-corrected chi connectivity index (χ2v) is 7.80. The molecule has 2 aromatic carbocycles. The average molecular weight is 374 g/mol. The van der Waals surface area contributed by atoms with E-state index in [1.54, 1.807) is 6.07 Å². The van der Waals surface area contributed by atoms with Crippen LogP contribution in [0, 0.1) is 0 Å². The second kappa shape index (κ2) is 7.76. The molecule has 1 saturated heterocycles. The molecule has 1 aliphatic rings. The maximum absolute atomic E-state index is 12.0. The number of nitrogens with two attached hydrogens (primary N) is 1. The van der Waals surface area contributed by atoms with Gasteiger partial charge in [0.25, 0.3) is 0 Å². The summed E-state index contributed by atoms with van der Waals surface area (Å²) in [5, 5.41) is 10.4. The number of rotatable bonds is 5. The normalized spacial score (nSPS) is 14.3. The van der Waals surface area contributed by atoms with E-state index in [2.05, 4.69) is 27.7 Å². The highest BCUT2D eigenvalue weighted by atomic mass is 32.2. The first-order valence-electron chi connectivity index (χ1n) is 8.43. The van der Waals surface area contributed by atoms with Crippen LogP contribution in [-0.2, 0) is 16.6 Å². The van der Waals surface area contributed by atoms with Gasteiger partial charge in [-0.1, -0.05) is 18.2 Å². The van der Waals surface area contributed by atoms with E-state index in [-0.39, 0.29) is 4.90 Å². The Morgan fingerprint density at radius 3 is 2.42 bits per heavy atom. The van der Waals surface area contributed by atoms with Gasteiger partial charge in [0.2, 0.25) is 10.0 Å². The molecule has 4 N–H and O–H groups in total. The molecule has 0 spiro atoms. The van der Waals surface area contributed by atoms with Crippen LogP contribution < -0.4 is 20.7 Å². The minimum atomic E-state index is -3.80. The standard InChI is InChI=1S/C18H22N4O3S/c19-26(24,25)17-5-3-4-15(12-17)21-18(23)20-13-14-6-8-16(9-7-14)22-10-1-2-11-22/h3-9,12H,1-2,10-11,13H2,(H2,19,24,25)(H2,20,21,23). The number of carbonyl (C=O) groups is 1. The fourth-order valence-corrected chi connectivity index (χ4v) is 3.47. The first-order chi connectivity index (χ1) is 12.4. The molecule has 3 rings (SSSR count). The topological polar surface area (TPSA) is 105 Å². The number of anilines is 2. The fourth-order valence-electron chi connectivity index (χ4n) is 2.91. The third kappa shape index (κ3) is 4.74. The summed E-state index contributed by atoms with van der Waals surface area (Å²) in [5.74, 6) is 0. The smallest absolute Gasteiger partial charge is 0.319 e. The van der Waals surface area contributed by atoms with Crippen molar-refractivity contribution in [1.29, 1.82) is 0 Å². The largest absolute Gasteiger partial charge is 0.372 e. The van der Waals surface area contributed by atoms with Gasteiger partial charge in [-0.2, -0.15) is 0 Å². The highest BCUT2D eigenvalue weighted by Gasteiger charge is 2.12. The molecule has 1 fully saturated rings. The van der Waals surface area contributed by atoms with Crippen LogP contribution in [0.1, 0.15) is 18.4 Å². The number of urea groups is 1. The predicted molar refractivity (Wildman–Crippen MR) is 102 cm³/mol. The van der Waals surface area contributed by atoms with Crippen LogP contribution in [0.4, 0.5) is 16.2 Å². The highest BCUT2D eigenvalue weighted by Crippen LogP contribution is 2.20. The van der Waals surface area contributed by atoms with E-state index in [1.807, 2.05) is 12.1 Å². The van der Waals surface area contributed by atoms with Gasteiger partial charge < -0.3 is 15.5 Å². The molecule has 0 bridgehead atoms. The summed E-state index contributed by atoms with van der Waals surface area (Å²) in [6, 6.07) is 13.5. The zero-order chi connectivity index (χ0) is 18.6. The molecule has 1 aliphatic heterocycles. The number of amides is 2. The molecule has 0 unspecified atom stereocenters. The Morgan fingerprint density at radius 1 is 1.08 bits per heavy atom. The molecule has 26 heavy (non-hydrogen) atoms. The van der Waals surface area contributed by atoms with E-state index in [0.717, 1.165) is 18.7 Å². The van der Waals surface area contributed by atoms with Gasteiger partial charge in [0, 0.05) is 31.0 Å². The van der Waals surface area contributed by atoms with Crippen molar-refractivity contribution in [3.63, 3.8) is 0 Å². The lowest BCUT2D eigenvalue weighted by Gasteiger charge is -2.17. The van der Waals surface area contributed by atoms with Crippen molar-refractivity contribution in [2.75, 3.05) is 23.3 Å². The van der Waals surface area contributed by atoms with Crippen molar-refractivity contribution in [2.24, 2.45) is 5.14 Å².